The van der Waals surface area contributed by atoms with Gasteiger partial charge < -0.3 is 28.5 Å². The number of carboxylic acids is 1. The number of quaternary nitrogens is 1. The van der Waals surface area contributed by atoms with Gasteiger partial charge in [0.15, 0.2) is 6.10 Å². The highest BCUT2D eigenvalue weighted by Gasteiger charge is 2.25. The predicted molar refractivity (Wildman–Crippen MR) is 409 cm³/mol. The average Bonchev–Trinajstić information content (AvgIpc) is 3.75. The van der Waals surface area contributed by atoms with E-state index in [0.717, 1.165) is 135 Å². The number of hydrogen-bond donors (Lipinski definition) is 1. The summed E-state index contributed by atoms with van der Waals surface area (Å²) in [5.41, 5.74) is 0. The van der Waals surface area contributed by atoms with Crippen molar-refractivity contribution in [3.8, 4) is 0 Å². The van der Waals surface area contributed by atoms with Gasteiger partial charge in [0.25, 0.3) is 6.29 Å². The van der Waals surface area contributed by atoms with Crippen LogP contribution in [0.1, 0.15) is 284 Å². The number of aliphatic carboxylic acids is 1. The van der Waals surface area contributed by atoms with E-state index in [-0.39, 0.29) is 38.6 Å². The van der Waals surface area contributed by atoms with Crippen molar-refractivity contribution in [2.24, 2.45) is 0 Å². The molecule has 9 heteroatoms. The Balaban J connectivity index is 4.19. The van der Waals surface area contributed by atoms with Crippen molar-refractivity contribution in [1.29, 1.82) is 0 Å². The molecule has 0 aliphatic rings. The second-order valence-corrected chi connectivity index (χ2v) is 25.8. The summed E-state index contributed by atoms with van der Waals surface area (Å²) in [7, 11) is 5.96. The van der Waals surface area contributed by atoms with Crippen LogP contribution in [0.4, 0.5) is 0 Å². The van der Waals surface area contributed by atoms with Crippen LogP contribution >= 0.6 is 0 Å². The molecular formula is C86H140NO8+. The number of rotatable bonds is 68. The van der Waals surface area contributed by atoms with Gasteiger partial charge in [-0.3, -0.25) is 9.59 Å². The van der Waals surface area contributed by atoms with Crippen molar-refractivity contribution in [3.05, 3.63) is 182 Å². The molecule has 95 heavy (non-hydrogen) atoms. The molecule has 0 aromatic rings. The Morgan fingerprint density at radius 2 is 0.568 bits per heavy atom. The van der Waals surface area contributed by atoms with Gasteiger partial charge in [-0.25, -0.2) is 4.79 Å². The lowest BCUT2D eigenvalue weighted by Crippen LogP contribution is -2.40. The van der Waals surface area contributed by atoms with Crippen LogP contribution in [-0.2, 0) is 33.3 Å². The van der Waals surface area contributed by atoms with Gasteiger partial charge in [0.2, 0.25) is 0 Å². The Kier molecular flexibility index (Phi) is 69.8. The number of carboxylic acid groups (broad SMARTS) is 1. The lowest BCUT2D eigenvalue weighted by Gasteiger charge is -2.25. The van der Waals surface area contributed by atoms with Crippen LogP contribution in [0.2, 0.25) is 0 Å². The van der Waals surface area contributed by atoms with Gasteiger partial charge >= 0.3 is 17.9 Å². The SMILES string of the molecule is CC/C=C\C/C=C\C/C=C\C/C=C\C/C=C\C/C=C\C/C=C\C/C=C\C/C=C\C/C=C\C/C=C\CCCCCC(=O)OC(COC(=O)CCCCCCCCCCCCCCCCCCCCCC/C=C\C/C=C\C/C=C\C/C=C\CC)COC(OCC[N+](C)(C)C)C(=O)O. The van der Waals surface area contributed by atoms with Gasteiger partial charge in [0.05, 0.1) is 34.4 Å². The Morgan fingerprint density at radius 1 is 0.316 bits per heavy atom. The number of hydrogen-bond acceptors (Lipinski definition) is 7. The fourth-order valence-electron chi connectivity index (χ4n) is 9.95. The molecule has 0 aliphatic carbocycles. The Hall–Kier alpha value is -5.61. The first-order valence-electron chi connectivity index (χ1n) is 37.9. The van der Waals surface area contributed by atoms with E-state index in [4.69, 9.17) is 18.9 Å². The van der Waals surface area contributed by atoms with Crippen LogP contribution in [0.3, 0.4) is 0 Å². The number of allylic oxidation sites excluding steroid dienone is 30. The van der Waals surface area contributed by atoms with E-state index in [1.165, 1.54) is 116 Å². The van der Waals surface area contributed by atoms with Crippen LogP contribution in [0.25, 0.3) is 0 Å². The highest BCUT2D eigenvalue weighted by Crippen LogP contribution is 2.17. The van der Waals surface area contributed by atoms with Crippen molar-refractivity contribution in [1.82, 2.24) is 0 Å². The maximum Gasteiger partial charge on any atom is 0.361 e. The van der Waals surface area contributed by atoms with Crippen molar-refractivity contribution >= 4 is 17.9 Å². The number of ether oxygens (including phenoxy) is 4. The summed E-state index contributed by atoms with van der Waals surface area (Å²) in [5.74, 6) is -2.06. The third-order valence-electron chi connectivity index (χ3n) is 15.7. The lowest BCUT2D eigenvalue weighted by atomic mass is 10.0. The number of carbonyl (C=O) groups excluding carboxylic acids is 2. The molecule has 2 unspecified atom stereocenters. The van der Waals surface area contributed by atoms with Crippen LogP contribution in [0.15, 0.2) is 182 Å². The van der Waals surface area contributed by atoms with Crippen molar-refractivity contribution in [3.63, 3.8) is 0 Å². The summed E-state index contributed by atoms with van der Waals surface area (Å²) in [6, 6.07) is 0. The standard InChI is InChI=1S/C86H139NO8/c1-6-8-10-12-14-16-18-20-22-24-26-28-30-32-34-36-38-40-41-42-43-45-47-49-51-53-55-57-59-61-63-65-67-69-71-73-75-77-84(89)95-82(81-94-86(85(90)91)92-79-78-87(3,4)5)80-93-83(88)76-74-72-70-68-66-64-62-60-58-56-54-52-50-48-46-44-39-37-35-33-31-29-27-25-23-21-19-17-15-13-11-9-7-2/h8-11,14-17,20-23,26-29,32,34,38,40,42-43,47,49,53,55,59,61,65,67,82,86H,6-7,12-13,18-19,24-25,30-31,33,35-37,39,41,44-46,48,50-52,54,56-58,60,62-64,66,68-81H2,1-5H3/p+1/b10-8-,11-9-,16-14-,17-15-,22-20-,23-21-,28-26-,29-27-,34-32-,40-38-,43-42-,49-47-,55-53-,61-59-,67-65-. The molecular weight excluding hydrogens is 1170 g/mol. The molecule has 536 valence electrons. The fraction of sp³-hybridized carbons (Fsp3) is 0.616. The van der Waals surface area contributed by atoms with E-state index < -0.39 is 24.3 Å². The second kappa shape index (κ2) is 74.2. The molecule has 0 spiro atoms. The zero-order valence-electron chi connectivity index (χ0n) is 61.3. The lowest BCUT2D eigenvalue weighted by molar-refractivity contribution is -0.870. The molecule has 0 saturated heterocycles. The second-order valence-electron chi connectivity index (χ2n) is 25.8. The normalized spacial score (nSPS) is 13.7. The van der Waals surface area contributed by atoms with Gasteiger partial charge in [-0.05, 0) is 135 Å². The Morgan fingerprint density at radius 3 is 0.853 bits per heavy atom. The number of esters is 2. The van der Waals surface area contributed by atoms with Gasteiger partial charge in [-0.1, -0.05) is 318 Å². The summed E-state index contributed by atoms with van der Waals surface area (Å²) in [4.78, 5) is 37.7. The van der Waals surface area contributed by atoms with E-state index in [2.05, 4.69) is 196 Å². The molecule has 9 nitrogen and oxygen atoms in total. The van der Waals surface area contributed by atoms with Crippen LogP contribution in [-0.4, -0.2) is 87.4 Å². The first-order chi connectivity index (χ1) is 46.6. The van der Waals surface area contributed by atoms with Crippen LogP contribution in [0.5, 0.6) is 0 Å². The molecule has 0 fully saturated rings. The third kappa shape index (κ3) is 75.6. The van der Waals surface area contributed by atoms with Crippen LogP contribution in [0, 0.1) is 0 Å². The Labute approximate surface area is 583 Å². The summed E-state index contributed by atoms with van der Waals surface area (Å²) in [6.45, 7) is 4.61. The fourth-order valence-corrected chi connectivity index (χ4v) is 9.95. The molecule has 0 heterocycles. The highest BCUT2D eigenvalue weighted by atomic mass is 16.7. The zero-order chi connectivity index (χ0) is 69.0. The van der Waals surface area contributed by atoms with E-state index in [1.807, 2.05) is 21.1 Å². The molecule has 0 rings (SSSR count). The number of likely N-dealkylation sites (N-methyl/N-ethyl adjacent to an activating group) is 1. The minimum atomic E-state index is -1.53. The molecule has 0 saturated carbocycles. The summed E-state index contributed by atoms with van der Waals surface area (Å²) in [6.07, 6.45) is 110. The first-order valence-corrected chi connectivity index (χ1v) is 37.9. The number of unbranched alkanes of at least 4 members (excludes halogenated alkanes) is 23. The topological polar surface area (TPSA) is 108 Å². The van der Waals surface area contributed by atoms with Gasteiger partial charge in [0.1, 0.15) is 13.2 Å². The third-order valence-corrected chi connectivity index (χ3v) is 15.7. The summed E-state index contributed by atoms with van der Waals surface area (Å²) >= 11 is 0. The molecule has 0 bridgehead atoms. The molecule has 1 N–H and O–H groups in total. The summed E-state index contributed by atoms with van der Waals surface area (Å²) in [5, 5.41) is 9.76. The molecule has 0 amide bonds. The predicted octanol–water partition coefficient (Wildman–Crippen LogP) is 24.4. The van der Waals surface area contributed by atoms with E-state index in [9.17, 15) is 19.5 Å². The van der Waals surface area contributed by atoms with E-state index >= 15 is 0 Å². The van der Waals surface area contributed by atoms with Gasteiger partial charge in [-0.15, -0.1) is 0 Å². The average molecular weight is 1320 g/mol. The minimum absolute atomic E-state index is 0.173. The molecule has 0 aromatic heterocycles. The minimum Gasteiger partial charge on any atom is -0.477 e. The van der Waals surface area contributed by atoms with Crippen molar-refractivity contribution < 1.29 is 42.9 Å². The molecule has 2 atom stereocenters. The zero-order valence-corrected chi connectivity index (χ0v) is 61.3. The molecule has 0 radical (unpaired) electrons. The highest BCUT2D eigenvalue weighted by molar-refractivity contribution is 5.71. The van der Waals surface area contributed by atoms with Crippen LogP contribution < -0.4 is 0 Å². The quantitative estimate of drug-likeness (QED) is 0.0211. The molecule has 0 aliphatic heterocycles. The van der Waals surface area contributed by atoms with Gasteiger partial charge in [0, 0.05) is 12.8 Å². The largest absolute Gasteiger partial charge is 0.477 e. The monoisotopic (exact) mass is 1320 g/mol. The van der Waals surface area contributed by atoms with Gasteiger partial charge in [-0.2, -0.15) is 0 Å². The maximum absolute atomic E-state index is 13.0. The number of nitrogens with zero attached hydrogens (tertiary/aromatic N) is 1. The molecule has 0 aromatic carbocycles. The van der Waals surface area contributed by atoms with Crippen molar-refractivity contribution in [2.75, 3.05) is 47.5 Å². The smallest absolute Gasteiger partial charge is 0.361 e. The number of carbonyl (C=O) groups is 3. The van der Waals surface area contributed by atoms with Crippen molar-refractivity contribution in [2.45, 2.75) is 296 Å². The first kappa shape index (κ1) is 89.4. The van der Waals surface area contributed by atoms with E-state index in [1.54, 1.807) is 0 Å². The van der Waals surface area contributed by atoms with E-state index in [0.29, 0.717) is 17.4 Å². The Bertz CT molecular complexity index is 2220. The summed E-state index contributed by atoms with van der Waals surface area (Å²) < 4.78 is 23.0. The maximum atomic E-state index is 13.0.